The van der Waals surface area contributed by atoms with Gasteiger partial charge in [-0.25, -0.2) is 8.42 Å². The monoisotopic (exact) mass is 320 g/mol. The van der Waals surface area contributed by atoms with Gasteiger partial charge in [0.2, 0.25) is 5.91 Å². The zero-order chi connectivity index (χ0) is 16.4. The molecule has 1 rings (SSSR count). The molecule has 0 radical (unpaired) electrons. The molecule has 0 spiro atoms. The van der Waals surface area contributed by atoms with E-state index in [-0.39, 0.29) is 11.7 Å². The normalized spacial score (nSPS) is 20.4. The van der Waals surface area contributed by atoms with Crippen LogP contribution in [-0.2, 0) is 14.6 Å². The van der Waals surface area contributed by atoms with Gasteiger partial charge in [-0.15, -0.1) is 0 Å². The topological polar surface area (TPSA) is 116 Å². The number of hydrogen-bond acceptors (Lipinski definition) is 6. The Morgan fingerprint density at radius 3 is 2.14 bits per heavy atom. The van der Waals surface area contributed by atoms with E-state index in [1.807, 2.05) is 18.7 Å². The summed E-state index contributed by atoms with van der Waals surface area (Å²) in [5, 5.41) is 10.8. The highest BCUT2D eigenvalue weighted by atomic mass is 32.2. The third-order valence-corrected chi connectivity index (χ3v) is 5.59. The Labute approximate surface area is 125 Å². The molecule has 0 aromatic rings. The number of rotatable bonds is 4. The van der Waals surface area contributed by atoms with Crippen LogP contribution in [-0.4, -0.2) is 78.4 Å². The summed E-state index contributed by atoms with van der Waals surface area (Å²) < 4.78 is 22.9. The summed E-state index contributed by atoms with van der Waals surface area (Å²) in [6.07, 6.45) is 1.06. The molecule has 0 aliphatic carbocycles. The molecule has 21 heavy (non-hydrogen) atoms. The molecule has 1 aliphatic rings. The Kier molecular flexibility index (Phi) is 5.21. The van der Waals surface area contributed by atoms with Crippen LogP contribution in [0.5, 0.6) is 0 Å². The van der Waals surface area contributed by atoms with Crippen molar-refractivity contribution in [1.82, 2.24) is 9.80 Å². The predicted molar refractivity (Wildman–Crippen MR) is 79.9 cm³/mol. The van der Waals surface area contributed by atoms with Crippen LogP contribution in [0.2, 0.25) is 0 Å². The number of carbonyl (C=O) groups is 1. The minimum atomic E-state index is -3.39. The molecule has 1 aliphatic heterocycles. The summed E-state index contributed by atoms with van der Waals surface area (Å²) in [5.41, 5.74) is 5.06. The number of nitrogens with two attached hydrogens (primary N) is 1. The second-order valence-electron chi connectivity index (χ2n) is 5.83. The van der Waals surface area contributed by atoms with Gasteiger partial charge in [-0.05, 0) is 20.8 Å². The quantitative estimate of drug-likeness (QED) is 0.300. The largest absolute Gasteiger partial charge is 0.409 e. The van der Waals surface area contributed by atoms with E-state index in [0.717, 1.165) is 6.26 Å². The first-order valence-electron chi connectivity index (χ1n) is 6.72. The first-order valence-corrected chi connectivity index (χ1v) is 8.68. The first-order chi connectivity index (χ1) is 9.51. The molecule has 1 fully saturated rings. The SMILES string of the molecule is CC(C(=O)N1CCN(C(C)(C)C(N)=NO)CC1)S(C)(=O)=O. The summed E-state index contributed by atoms with van der Waals surface area (Å²) >= 11 is 0. The van der Waals surface area contributed by atoms with Gasteiger partial charge in [-0.1, -0.05) is 5.16 Å². The smallest absolute Gasteiger partial charge is 0.240 e. The van der Waals surface area contributed by atoms with Crippen molar-refractivity contribution in [1.29, 1.82) is 0 Å². The molecule has 0 aromatic carbocycles. The molecule has 122 valence electrons. The van der Waals surface area contributed by atoms with Crippen LogP contribution in [0.4, 0.5) is 0 Å². The van der Waals surface area contributed by atoms with Gasteiger partial charge in [0, 0.05) is 32.4 Å². The van der Waals surface area contributed by atoms with Crippen molar-refractivity contribution in [2.24, 2.45) is 10.9 Å². The third kappa shape index (κ3) is 3.85. The van der Waals surface area contributed by atoms with Crippen molar-refractivity contribution in [3.63, 3.8) is 0 Å². The average molecular weight is 320 g/mol. The average Bonchev–Trinajstić information content (AvgIpc) is 2.43. The summed E-state index contributed by atoms with van der Waals surface area (Å²) in [7, 11) is -3.39. The van der Waals surface area contributed by atoms with Gasteiger partial charge in [0.05, 0.1) is 5.54 Å². The number of piperazine rings is 1. The van der Waals surface area contributed by atoms with E-state index >= 15 is 0 Å². The second-order valence-corrected chi connectivity index (χ2v) is 8.19. The van der Waals surface area contributed by atoms with E-state index in [1.165, 1.54) is 6.92 Å². The highest BCUT2D eigenvalue weighted by Gasteiger charge is 2.36. The Bertz CT molecular complexity index is 521. The summed E-state index contributed by atoms with van der Waals surface area (Å²) in [5.74, 6) is -0.273. The van der Waals surface area contributed by atoms with E-state index in [1.54, 1.807) is 4.90 Å². The molecule has 1 amide bonds. The number of nitrogens with zero attached hydrogens (tertiary/aromatic N) is 3. The van der Waals surface area contributed by atoms with Crippen LogP contribution in [0.1, 0.15) is 20.8 Å². The lowest BCUT2D eigenvalue weighted by molar-refractivity contribution is -0.132. The lowest BCUT2D eigenvalue weighted by atomic mass is 10.00. The zero-order valence-corrected chi connectivity index (χ0v) is 13.7. The molecule has 8 nitrogen and oxygen atoms in total. The number of amides is 1. The highest BCUT2D eigenvalue weighted by Crippen LogP contribution is 2.18. The fourth-order valence-electron chi connectivity index (χ4n) is 2.21. The van der Waals surface area contributed by atoms with Gasteiger partial charge in [0.15, 0.2) is 15.7 Å². The van der Waals surface area contributed by atoms with Crippen LogP contribution < -0.4 is 5.73 Å². The molecule has 1 atom stereocenters. The van der Waals surface area contributed by atoms with Crippen molar-refractivity contribution in [2.75, 3.05) is 32.4 Å². The molecule has 1 saturated heterocycles. The maximum Gasteiger partial charge on any atom is 0.240 e. The minimum Gasteiger partial charge on any atom is -0.409 e. The zero-order valence-electron chi connectivity index (χ0n) is 12.9. The maximum atomic E-state index is 12.1. The third-order valence-electron chi connectivity index (χ3n) is 4.11. The van der Waals surface area contributed by atoms with Crippen LogP contribution in [0.25, 0.3) is 0 Å². The van der Waals surface area contributed by atoms with Gasteiger partial charge in [0.25, 0.3) is 0 Å². The van der Waals surface area contributed by atoms with Gasteiger partial charge in [-0.2, -0.15) is 0 Å². The first kappa shape index (κ1) is 17.7. The number of carbonyl (C=O) groups excluding carboxylic acids is 1. The Morgan fingerprint density at radius 2 is 1.76 bits per heavy atom. The molecule has 1 heterocycles. The van der Waals surface area contributed by atoms with E-state index < -0.39 is 20.6 Å². The second kappa shape index (κ2) is 6.18. The van der Waals surface area contributed by atoms with E-state index in [2.05, 4.69) is 5.16 Å². The summed E-state index contributed by atoms with van der Waals surface area (Å²) in [4.78, 5) is 15.7. The Balaban J connectivity index is 2.71. The van der Waals surface area contributed by atoms with Crippen LogP contribution in [0.15, 0.2) is 5.16 Å². The molecule has 3 N–H and O–H groups in total. The van der Waals surface area contributed by atoms with E-state index in [4.69, 9.17) is 10.9 Å². The number of amidine groups is 1. The molecule has 0 saturated carbocycles. The molecule has 0 bridgehead atoms. The van der Waals surface area contributed by atoms with Gasteiger partial charge in [-0.3, -0.25) is 9.69 Å². The Morgan fingerprint density at radius 1 is 1.29 bits per heavy atom. The highest BCUT2D eigenvalue weighted by molar-refractivity contribution is 7.92. The van der Waals surface area contributed by atoms with Crippen LogP contribution >= 0.6 is 0 Å². The summed E-state index contributed by atoms with van der Waals surface area (Å²) in [6.45, 7) is 6.97. The van der Waals surface area contributed by atoms with Gasteiger partial charge in [0.1, 0.15) is 5.25 Å². The molecule has 9 heteroatoms. The van der Waals surface area contributed by atoms with Crippen LogP contribution in [0, 0.1) is 0 Å². The fourth-order valence-corrected chi connectivity index (χ4v) is 2.73. The lowest BCUT2D eigenvalue weighted by Gasteiger charge is -2.43. The number of sulfone groups is 1. The van der Waals surface area contributed by atoms with E-state index in [0.29, 0.717) is 26.2 Å². The van der Waals surface area contributed by atoms with Crippen molar-refractivity contribution in [3.05, 3.63) is 0 Å². The van der Waals surface area contributed by atoms with Crippen LogP contribution in [0.3, 0.4) is 0 Å². The predicted octanol–water partition coefficient (Wildman–Crippen LogP) is -0.911. The fraction of sp³-hybridized carbons (Fsp3) is 0.833. The lowest BCUT2D eigenvalue weighted by Crippen LogP contribution is -2.61. The molecular weight excluding hydrogens is 296 g/mol. The molecule has 1 unspecified atom stereocenters. The van der Waals surface area contributed by atoms with Gasteiger partial charge < -0.3 is 15.8 Å². The van der Waals surface area contributed by atoms with Crippen molar-refractivity contribution in [3.8, 4) is 0 Å². The standard InChI is InChI=1S/C12H24N4O4S/c1-9(21(4,19)20)10(17)15-5-7-16(8-6-15)12(2,3)11(13)14-18/h9,18H,5-8H2,1-4H3,(H2,13,14). The Hall–Kier alpha value is -1.35. The maximum absolute atomic E-state index is 12.1. The number of hydrogen-bond donors (Lipinski definition) is 2. The van der Waals surface area contributed by atoms with Gasteiger partial charge >= 0.3 is 0 Å². The van der Waals surface area contributed by atoms with Crippen molar-refractivity contribution >= 4 is 21.6 Å². The van der Waals surface area contributed by atoms with Crippen molar-refractivity contribution < 1.29 is 18.4 Å². The van der Waals surface area contributed by atoms with Crippen molar-refractivity contribution in [2.45, 2.75) is 31.6 Å². The molecule has 0 aromatic heterocycles. The number of oxime groups is 1. The van der Waals surface area contributed by atoms with E-state index in [9.17, 15) is 13.2 Å². The molecular formula is C12H24N4O4S. The summed E-state index contributed by atoms with van der Waals surface area (Å²) in [6, 6.07) is 0. The minimum absolute atomic E-state index is 0.104.